The van der Waals surface area contributed by atoms with Gasteiger partial charge in [0.05, 0.1) is 10.6 Å². The number of nitrogens with one attached hydrogen (secondary N) is 2. The number of hydrogen-bond donors (Lipinski definition) is 2. The predicted octanol–water partition coefficient (Wildman–Crippen LogP) is 3.63. The molecule has 1 aliphatic heterocycles. The number of amides is 2. The third-order valence-corrected chi connectivity index (χ3v) is 5.04. The molecule has 3 aromatic rings. The van der Waals surface area contributed by atoms with Crippen LogP contribution in [-0.2, 0) is 4.79 Å². The Morgan fingerprint density at radius 1 is 0.971 bits per heavy atom. The van der Waals surface area contributed by atoms with E-state index in [0.29, 0.717) is 33.9 Å². The van der Waals surface area contributed by atoms with Crippen LogP contribution in [0.3, 0.4) is 0 Å². The Balaban J connectivity index is 1.59. The molecule has 4 rings (SSSR count). The van der Waals surface area contributed by atoms with Crippen LogP contribution in [0.4, 0.5) is 5.69 Å². The van der Waals surface area contributed by atoms with Gasteiger partial charge in [-0.1, -0.05) is 36.4 Å². The average molecular weight is 472 g/mol. The third kappa shape index (κ3) is 5.69. The molecule has 0 aliphatic carbocycles. The van der Waals surface area contributed by atoms with Crippen LogP contribution in [0.5, 0.6) is 11.5 Å². The van der Waals surface area contributed by atoms with Crippen LogP contribution in [0.15, 0.2) is 83.6 Å². The lowest BCUT2D eigenvalue weighted by Crippen LogP contribution is -2.33. The number of rotatable bonds is 7. The number of non-ortho nitro benzene ring substituents is 1. The van der Waals surface area contributed by atoms with E-state index in [2.05, 4.69) is 15.8 Å². The van der Waals surface area contributed by atoms with E-state index in [1.54, 1.807) is 61.5 Å². The van der Waals surface area contributed by atoms with E-state index in [-0.39, 0.29) is 18.2 Å². The van der Waals surface area contributed by atoms with Crippen molar-refractivity contribution in [1.29, 1.82) is 0 Å². The summed E-state index contributed by atoms with van der Waals surface area (Å²) in [5.41, 5.74) is 4.01. The minimum Gasteiger partial charge on any atom is -0.454 e. The lowest BCUT2D eigenvalue weighted by Gasteiger charge is -2.10. The van der Waals surface area contributed by atoms with Gasteiger partial charge >= 0.3 is 0 Å². The van der Waals surface area contributed by atoms with Crippen LogP contribution in [0.1, 0.15) is 28.4 Å². The Morgan fingerprint density at radius 3 is 2.49 bits per heavy atom. The van der Waals surface area contributed by atoms with E-state index in [4.69, 9.17) is 9.47 Å². The molecule has 176 valence electrons. The molecule has 0 fully saturated rings. The monoisotopic (exact) mass is 472 g/mol. The van der Waals surface area contributed by atoms with Gasteiger partial charge in [-0.2, -0.15) is 5.10 Å². The van der Waals surface area contributed by atoms with Crippen molar-refractivity contribution in [2.75, 3.05) is 6.79 Å². The van der Waals surface area contributed by atoms with Crippen LogP contribution >= 0.6 is 0 Å². The number of fused-ring (bicyclic) bond motifs is 1. The van der Waals surface area contributed by atoms with E-state index in [1.165, 1.54) is 24.3 Å². The van der Waals surface area contributed by atoms with E-state index in [1.807, 2.05) is 0 Å². The minimum absolute atomic E-state index is 0.0617. The Hall–Kier alpha value is -4.99. The zero-order valence-electron chi connectivity index (χ0n) is 18.6. The predicted molar refractivity (Wildman–Crippen MR) is 128 cm³/mol. The molecule has 0 bridgehead atoms. The molecule has 35 heavy (non-hydrogen) atoms. The SMILES string of the molecule is C/C(=N\NC(=O)/C(=C\c1ccc2c(c1)OCO2)NC(=O)c1ccccc1)c1cccc([N+](=O)[O-])c1. The summed E-state index contributed by atoms with van der Waals surface area (Å²) in [6.45, 7) is 1.70. The smallest absolute Gasteiger partial charge is 0.287 e. The number of hydrazone groups is 1. The molecule has 1 aliphatic rings. The summed E-state index contributed by atoms with van der Waals surface area (Å²) in [5.74, 6) is -0.0602. The van der Waals surface area contributed by atoms with Crippen LogP contribution in [0.2, 0.25) is 0 Å². The van der Waals surface area contributed by atoms with E-state index >= 15 is 0 Å². The second-order valence-electron chi connectivity index (χ2n) is 7.44. The summed E-state index contributed by atoms with van der Waals surface area (Å²) < 4.78 is 10.7. The fourth-order valence-electron chi connectivity index (χ4n) is 3.22. The Bertz CT molecular complexity index is 1350. The molecular formula is C25H20N4O6. The molecule has 0 unspecified atom stereocenters. The highest BCUT2D eigenvalue weighted by Gasteiger charge is 2.17. The average Bonchev–Trinajstić information content (AvgIpc) is 3.35. The second kappa shape index (κ2) is 10.3. The van der Waals surface area contributed by atoms with Crippen LogP contribution in [0, 0.1) is 10.1 Å². The fraction of sp³-hybridized carbons (Fsp3) is 0.0800. The summed E-state index contributed by atoms with van der Waals surface area (Å²) in [7, 11) is 0. The molecule has 10 nitrogen and oxygen atoms in total. The van der Waals surface area contributed by atoms with Gasteiger partial charge in [-0.15, -0.1) is 0 Å². The summed E-state index contributed by atoms with van der Waals surface area (Å²) in [5, 5.41) is 17.7. The van der Waals surface area contributed by atoms with Crippen molar-refractivity contribution < 1.29 is 24.0 Å². The van der Waals surface area contributed by atoms with E-state index < -0.39 is 16.7 Å². The maximum absolute atomic E-state index is 13.0. The van der Waals surface area contributed by atoms with Crippen molar-refractivity contribution in [2.24, 2.45) is 5.10 Å². The van der Waals surface area contributed by atoms with Gasteiger partial charge in [0.25, 0.3) is 17.5 Å². The standard InChI is InChI=1S/C25H20N4O6/c1-16(19-8-5-9-20(14-19)29(32)33)27-28-25(31)21(26-24(30)18-6-3-2-4-7-18)12-17-10-11-22-23(13-17)35-15-34-22/h2-14H,15H2,1H3,(H,26,30)(H,28,31)/b21-12+,27-16+. The van der Waals surface area contributed by atoms with Crippen molar-refractivity contribution in [3.63, 3.8) is 0 Å². The highest BCUT2D eigenvalue weighted by Crippen LogP contribution is 2.33. The molecule has 0 saturated carbocycles. The number of benzene rings is 3. The molecule has 2 N–H and O–H groups in total. The van der Waals surface area contributed by atoms with Crippen molar-refractivity contribution in [1.82, 2.24) is 10.7 Å². The molecule has 1 heterocycles. The summed E-state index contributed by atoms with van der Waals surface area (Å²) >= 11 is 0. The van der Waals surface area contributed by atoms with Crippen molar-refractivity contribution in [2.45, 2.75) is 6.92 Å². The van der Waals surface area contributed by atoms with Crippen LogP contribution in [-0.4, -0.2) is 29.2 Å². The van der Waals surface area contributed by atoms with Gasteiger partial charge in [0, 0.05) is 23.3 Å². The summed E-state index contributed by atoms with van der Waals surface area (Å²) in [4.78, 5) is 36.2. The van der Waals surface area contributed by atoms with Gasteiger partial charge < -0.3 is 14.8 Å². The van der Waals surface area contributed by atoms with Gasteiger partial charge in [-0.25, -0.2) is 5.43 Å². The van der Waals surface area contributed by atoms with Crippen molar-refractivity contribution in [3.8, 4) is 11.5 Å². The van der Waals surface area contributed by atoms with Gasteiger partial charge in [0.1, 0.15) is 5.70 Å². The Labute approximate surface area is 200 Å². The number of carbonyl (C=O) groups excluding carboxylic acids is 2. The van der Waals surface area contributed by atoms with Gasteiger partial charge in [-0.05, 0) is 42.8 Å². The fourth-order valence-corrected chi connectivity index (χ4v) is 3.22. The minimum atomic E-state index is -0.684. The first-order valence-corrected chi connectivity index (χ1v) is 10.5. The van der Waals surface area contributed by atoms with Gasteiger partial charge in [0.15, 0.2) is 11.5 Å². The Morgan fingerprint density at radius 2 is 1.71 bits per heavy atom. The number of nitro benzene ring substituents is 1. The van der Waals surface area contributed by atoms with E-state index in [9.17, 15) is 19.7 Å². The molecule has 2 amide bonds. The molecule has 0 saturated heterocycles. The maximum Gasteiger partial charge on any atom is 0.287 e. The number of ether oxygens (including phenoxy) is 2. The second-order valence-corrected chi connectivity index (χ2v) is 7.44. The van der Waals surface area contributed by atoms with E-state index in [0.717, 1.165) is 0 Å². The largest absolute Gasteiger partial charge is 0.454 e. The lowest BCUT2D eigenvalue weighted by atomic mass is 10.1. The molecule has 10 heteroatoms. The highest BCUT2D eigenvalue weighted by molar-refractivity contribution is 6.06. The van der Waals surface area contributed by atoms with Crippen molar-refractivity contribution in [3.05, 3.63) is 105 Å². The number of carbonyl (C=O) groups is 2. The Kier molecular flexibility index (Phi) is 6.82. The molecule has 3 aromatic carbocycles. The topological polar surface area (TPSA) is 132 Å². The zero-order chi connectivity index (χ0) is 24.8. The first kappa shape index (κ1) is 23.2. The quantitative estimate of drug-likeness (QED) is 0.234. The van der Waals surface area contributed by atoms with Crippen molar-refractivity contribution >= 4 is 29.3 Å². The molecular weight excluding hydrogens is 452 g/mol. The maximum atomic E-state index is 13.0. The number of nitro groups is 1. The van der Waals surface area contributed by atoms with Crippen LogP contribution < -0.4 is 20.2 Å². The van der Waals surface area contributed by atoms with Gasteiger partial charge in [-0.3, -0.25) is 19.7 Å². The molecule has 0 radical (unpaired) electrons. The zero-order valence-corrected chi connectivity index (χ0v) is 18.6. The molecule has 0 aromatic heterocycles. The summed E-state index contributed by atoms with van der Waals surface area (Å²) in [6.07, 6.45) is 1.48. The lowest BCUT2D eigenvalue weighted by molar-refractivity contribution is -0.384. The number of hydrogen-bond acceptors (Lipinski definition) is 7. The first-order valence-electron chi connectivity index (χ1n) is 10.5. The number of nitrogens with zero attached hydrogens (tertiary/aromatic N) is 2. The van der Waals surface area contributed by atoms with Gasteiger partial charge in [0.2, 0.25) is 6.79 Å². The third-order valence-electron chi connectivity index (χ3n) is 5.04. The highest BCUT2D eigenvalue weighted by atomic mass is 16.7. The molecule has 0 spiro atoms. The normalized spacial score (nSPS) is 12.7. The first-order chi connectivity index (χ1) is 16.9. The summed E-state index contributed by atoms with van der Waals surface area (Å²) in [6, 6.07) is 19.4. The van der Waals surface area contributed by atoms with Crippen LogP contribution in [0.25, 0.3) is 6.08 Å². The molecule has 0 atom stereocenters.